The largest absolute Gasteiger partial charge is 0.293 e. The number of carbonyl (C=O) groups is 1. The van der Waals surface area contributed by atoms with Crippen LogP contribution in [-0.4, -0.2) is 20.6 Å². The van der Waals surface area contributed by atoms with Crippen LogP contribution in [0.2, 0.25) is 5.02 Å². The summed E-state index contributed by atoms with van der Waals surface area (Å²) in [6.07, 6.45) is 0. The zero-order valence-electron chi connectivity index (χ0n) is 14.8. The van der Waals surface area contributed by atoms with Crippen LogP contribution in [0.25, 0.3) is 10.9 Å². The van der Waals surface area contributed by atoms with Gasteiger partial charge in [0.25, 0.3) is 5.56 Å². The predicted molar refractivity (Wildman–Crippen MR) is 107 cm³/mol. The maximum absolute atomic E-state index is 12.9. The maximum Gasteiger partial charge on any atom is 0.262 e. The average Bonchev–Trinajstić information content (AvgIpc) is 2.61. The van der Waals surface area contributed by atoms with E-state index in [1.807, 2.05) is 39.0 Å². The van der Waals surface area contributed by atoms with Crippen LogP contribution in [0.1, 0.15) is 37.2 Å². The summed E-state index contributed by atoms with van der Waals surface area (Å²) in [6, 6.07) is 14.0. The molecule has 0 aliphatic heterocycles. The third kappa shape index (κ3) is 3.69. The minimum absolute atomic E-state index is 0.0237. The van der Waals surface area contributed by atoms with Gasteiger partial charge >= 0.3 is 0 Å². The summed E-state index contributed by atoms with van der Waals surface area (Å²) in [4.78, 5) is 30.2. The first-order chi connectivity index (χ1) is 12.4. The van der Waals surface area contributed by atoms with E-state index in [1.54, 1.807) is 34.9 Å². The van der Waals surface area contributed by atoms with Crippen LogP contribution in [0.4, 0.5) is 0 Å². The Labute approximate surface area is 161 Å². The third-order valence-corrected chi connectivity index (χ3v) is 5.39. The first-order valence-corrected chi connectivity index (χ1v) is 9.62. The average molecular weight is 387 g/mol. The summed E-state index contributed by atoms with van der Waals surface area (Å²) >= 11 is 7.19. The number of thioether (sulfide) groups is 1. The molecular formula is C20H19ClN2O2S. The molecular weight excluding hydrogens is 368 g/mol. The lowest BCUT2D eigenvalue weighted by molar-refractivity contribution is 0.0994. The Morgan fingerprint density at radius 3 is 2.38 bits per heavy atom. The van der Waals surface area contributed by atoms with Crippen LogP contribution in [0, 0.1) is 0 Å². The Morgan fingerprint density at radius 2 is 1.73 bits per heavy atom. The van der Waals surface area contributed by atoms with Gasteiger partial charge in [-0.1, -0.05) is 35.5 Å². The van der Waals surface area contributed by atoms with Crippen molar-refractivity contribution in [2.24, 2.45) is 0 Å². The number of ketones is 1. The zero-order valence-corrected chi connectivity index (χ0v) is 16.3. The zero-order chi connectivity index (χ0) is 18.8. The maximum atomic E-state index is 12.9. The van der Waals surface area contributed by atoms with Crippen LogP contribution < -0.4 is 5.56 Å². The standard InChI is InChI=1S/C20H19ClN2O2S/c1-12(2)23-19(25)16-6-4-5-7-17(16)22-20(23)26-13(3)18(24)14-8-10-15(21)11-9-14/h4-13H,1-3H3/t13-/m1/s1. The number of halogens is 1. The van der Waals surface area contributed by atoms with Crippen LogP contribution in [0.5, 0.6) is 0 Å². The van der Waals surface area contributed by atoms with Crippen LogP contribution in [0.15, 0.2) is 58.5 Å². The van der Waals surface area contributed by atoms with Crippen LogP contribution in [0.3, 0.4) is 0 Å². The second-order valence-electron chi connectivity index (χ2n) is 6.31. The fourth-order valence-electron chi connectivity index (χ4n) is 2.72. The Hall–Kier alpha value is -2.11. The van der Waals surface area contributed by atoms with Gasteiger partial charge < -0.3 is 0 Å². The van der Waals surface area contributed by atoms with E-state index in [4.69, 9.17) is 11.6 Å². The molecule has 26 heavy (non-hydrogen) atoms. The molecule has 1 aromatic heterocycles. The van der Waals surface area contributed by atoms with Gasteiger partial charge in [0.2, 0.25) is 0 Å². The number of fused-ring (bicyclic) bond motifs is 1. The molecule has 0 N–H and O–H groups in total. The first-order valence-electron chi connectivity index (χ1n) is 8.36. The van der Waals surface area contributed by atoms with Crippen molar-refractivity contribution in [3.63, 3.8) is 0 Å². The fraction of sp³-hybridized carbons (Fsp3) is 0.250. The van der Waals surface area contributed by atoms with Gasteiger partial charge in [-0.2, -0.15) is 0 Å². The lowest BCUT2D eigenvalue weighted by Crippen LogP contribution is -2.26. The molecule has 6 heteroatoms. The van der Waals surface area contributed by atoms with Gasteiger partial charge in [-0.15, -0.1) is 0 Å². The van der Waals surface area contributed by atoms with Crippen LogP contribution >= 0.6 is 23.4 Å². The highest BCUT2D eigenvalue weighted by Gasteiger charge is 2.21. The molecule has 1 atom stereocenters. The number of benzene rings is 2. The van der Waals surface area contributed by atoms with Gasteiger partial charge in [0.1, 0.15) is 0 Å². The number of nitrogens with zero attached hydrogens (tertiary/aromatic N) is 2. The number of hydrogen-bond donors (Lipinski definition) is 0. The lowest BCUT2D eigenvalue weighted by atomic mass is 10.1. The molecule has 0 unspecified atom stereocenters. The van der Waals surface area contributed by atoms with Crippen molar-refractivity contribution >= 4 is 40.0 Å². The monoisotopic (exact) mass is 386 g/mol. The number of para-hydroxylation sites is 1. The van der Waals surface area contributed by atoms with Crippen molar-refractivity contribution in [3.05, 3.63) is 69.5 Å². The van der Waals surface area contributed by atoms with E-state index in [0.717, 1.165) is 0 Å². The molecule has 1 heterocycles. The summed E-state index contributed by atoms with van der Waals surface area (Å²) in [7, 11) is 0. The van der Waals surface area contributed by atoms with Gasteiger partial charge in [-0.3, -0.25) is 14.2 Å². The molecule has 0 saturated heterocycles. The van der Waals surface area contributed by atoms with E-state index in [1.165, 1.54) is 11.8 Å². The summed E-state index contributed by atoms with van der Waals surface area (Å²) in [5, 5.41) is 1.35. The van der Waals surface area contributed by atoms with Crippen molar-refractivity contribution in [3.8, 4) is 0 Å². The highest BCUT2D eigenvalue weighted by atomic mass is 35.5. The van der Waals surface area contributed by atoms with E-state index in [9.17, 15) is 9.59 Å². The normalized spacial score (nSPS) is 12.5. The molecule has 0 aliphatic carbocycles. The molecule has 0 aliphatic rings. The van der Waals surface area contributed by atoms with E-state index < -0.39 is 0 Å². The summed E-state index contributed by atoms with van der Waals surface area (Å²) < 4.78 is 1.65. The molecule has 134 valence electrons. The topological polar surface area (TPSA) is 52.0 Å². The van der Waals surface area contributed by atoms with Gasteiger partial charge in [0, 0.05) is 16.6 Å². The molecule has 0 spiro atoms. The Kier molecular flexibility index (Phi) is 5.49. The van der Waals surface area contributed by atoms with Crippen molar-refractivity contribution in [1.29, 1.82) is 0 Å². The van der Waals surface area contributed by atoms with Gasteiger partial charge in [-0.05, 0) is 57.2 Å². The molecule has 0 amide bonds. The highest BCUT2D eigenvalue weighted by Crippen LogP contribution is 2.27. The van der Waals surface area contributed by atoms with Crippen molar-refractivity contribution in [1.82, 2.24) is 9.55 Å². The first kappa shape index (κ1) is 18.7. The summed E-state index contributed by atoms with van der Waals surface area (Å²) in [5.41, 5.74) is 1.15. The number of carbonyl (C=O) groups excluding carboxylic acids is 1. The molecule has 2 aromatic carbocycles. The molecule has 0 saturated carbocycles. The van der Waals surface area contributed by atoms with Gasteiger partial charge in [-0.25, -0.2) is 4.98 Å². The SMILES string of the molecule is CC(C)n1c(S[C@H](C)C(=O)c2ccc(Cl)cc2)nc2ccccc2c1=O. The molecule has 4 nitrogen and oxygen atoms in total. The number of Topliss-reactive ketones (excluding diaryl/α,β-unsaturated/α-hetero) is 1. The van der Waals surface area contributed by atoms with E-state index in [0.29, 0.717) is 26.6 Å². The van der Waals surface area contributed by atoms with Crippen molar-refractivity contribution in [2.45, 2.75) is 37.2 Å². The third-order valence-electron chi connectivity index (χ3n) is 4.07. The van der Waals surface area contributed by atoms with Gasteiger partial charge in [0.05, 0.1) is 16.2 Å². The van der Waals surface area contributed by atoms with Gasteiger partial charge in [0.15, 0.2) is 10.9 Å². The van der Waals surface area contributed by atoms with Crippen LogP contribution in [-0.2, 0) is 0 Å². The predicted octanol–water partition coefficient (Wildman–Crippen LogP) is 4.99. The number of aromatic nitrogens is 2. The number of hydrogen-bond acceptors (Lipinski definition) is 4. The molecule has 0 fully saturated rings. The molecule has 0 bridgehead atoms. The Morgan fingerprint density at radius 1 is 1.08 bits per heavy atom. The second-order valence-corrected chi connectivity index (χ2v) is 8.06. The molecule has 0 radical (unpaired) electrons. The Balaban J connectivity index is 1.99. The summed E-state index contributed by atoms with van der Waals surface area (Å²) in [5.74, 6) is -0.0237. The highest BCUT2D eigenvalue weighted by molar-refractivity contribution is 8.00. The van der Waals surface area contributed by atoms with Crippen molar-refractivity contribution in [2.75, 3.05) is 0 Å². The number of rotatable bonds is 5. The van der Waals surface area contributed by atoms with Crippen molar-refractivity contribution < 1.29 is 4.79 Å². The van der Waals surface area contributed by atoms with E-state index >= 15 is 0 Å². The molecule has 3 aromatic rings. The molecule has 3 rings (SSSR count). The smallest absolute Gasteiger partial charge is 0.262 e. The van der Waals surface area contributed by atoms with E-state index in [2.05, 4.69) is 4.98 Å². The second kappa shape index (κ2) is 7.64. The summed E-state index contributed by atoms with van der Waals surface area (Å²) in [6.45, 7) is 5.70. The lowest BCUT2D eigenvalue weighted by Gasteiger charge is -2.18. The fourth-order valence-corrected chi connectivity index (χ4v) is 3.97. The minimum atomic E-state index is -0.380. The Bertz CT molecular complexity index is 1010. The van der Waals surface area contributed by atoms with E-state index in [-0.39, 0.29) is 22.6 Å². The quantitative estimate of drug-likeness (QED) is 0.352. The minimum Gasteiger partial charge on any atom is -0.293 e.